The Morgan fingerprint density at radius 2 is 1.68 bits per heavy atom. The summed E-state index contributed by atoms with van der Waals surface area (Å²) < 4.78 is 26.4. The SMILES string of the molecule is O=S(=O)(Nc1c(Cl)ncnc1Cl)c1ccnc(Cl)c1. The second kappa shape index (κ2) is 5.46. The van der Waals surface area contributed by atoms with E-state index in [9.17, 15) is 8.42 Å². The van der Waals surface area contributed by atoms with Crippen LogP contribution in [0.25, 0.3) is 0 Å². The van der Waals surface area contributed by atoms with Gasteiger partial charge in [0.2, 0.25) is 0 Å². The van der Waals surface area contributed by atoms with Gasteiger partial charge in [-0.05, 0) is 12.1 Å². The van der Waals surface area contributed by atoms with Crippen molar-refractivity contribution in [3.8, 4) is 0 Å². The average Bonchev–Trinajstić information content (AvgIpc) is 2.34. The Bertz CT molecular complexity index is 703. The Balaban J connectivity index is 2.42. The number of nitrogens with zero attached hydrogens (tertiary/aromatic N) is 3. The molecule has 0 saturated carbocycles. The highest BCUT2D eigenvalue weighted by Crippen LogP contribution is 2.28. The minimum atomic E-state index is -3.90. The molecule has 0 saturated heterocycles. The van der Waals surface area contributed by atoms with Gasteiger partial charge in [0.25, 0.3) is 10.0 Å². The van der Waals surface area contributed by atoms with E-state index in [4.69, 9.17) is 34.8 Å². The lowest BCUT2D eigenvalue weighted by Gasteiger charge is -2.09. The summed E-state index contributed by atoms with van der Waals surface area (Å²) in [6.45, 7) is 0. The number of anilines is 1. The molecule has 1 N–H and O–H groups in total. The first-order valence-electron chi connectivity index (χ1n) is 4.70. The Labute approximate surface area is 123 Å². The highest BCUT2D eigenvalue weighted by atomic mass is 35.5. The third-order valence-corrected chi connectivity index (χ3v) is 4.13. The number of pyridine rings is 1. The molecule has 0 aliphatic carbocycles. The molecule has 2 aromatic heterocycles. The summed E-state index contributed by atoms with van der Waals surface area (Å²) in [5.74, 6) is 0. The molecule has 0 spiro atoms. The van der Waals surface area contributed by atoms with Gasteiger partial charge in [0, 0.05) is 6.20 Å². The van der Waals surface area contributed by atoms with Crippen molar-refractivity contribution in [2.45, 2.75) is 4.90 Å². The van der Waals surface area contributed by atoms with E-state index < -0.39 is 10.0 Å². The number of hydrogen-bond donors (Lipinski definition) is 1. The Morgan fingerprint density at radius 3 is 2.26 bits per heavy atom. The predicted molar refractivity (Wildman–Crippen MR) is 72.1 cm³/mol. The standard InChI is InChI=1S/C9H5Cl3N4O2S/c10-6-3-5(1-2-13-6)19(17,18)16-7-8(11)14-4-15-9(7)12/h1-4,16H. The van der Waals surface area contributed by atoms with Crippen LogP contribution in [0.3, 0.4) is 0 Å². The third kappa shape index (κ3) is 3.24. The van der Waals surface area contributed by atoms with E-state index in [1.165, 1.54) is 18.3 Å². The maximum absolute atomic E-state index is 12.1. The monoisotopic (exact) mass is 338 g/mol. The van der Waals surface area contributed by atoms with Gasteiger partial charge < -0.3 is 0 Å². The molecule has 0 aliphatic rings. The highest BCUT2D eigenvalue weighted by Gasteiger charge is 2.19. The van der Waals surface area contributed by atoms with Crippen LogP contribution in [0.2, 0.25) is 15.5 Å². The first kappa shape index (κ1) is 14.3. The molecule has 0 bridgehead atoms. The smallest absolute Gasteiger partial charge is 0.262 e. The second-order valence-corrected chi connectivity index (χ2v) is 6.04. The molecule has 0 fully saturated rings. The zero-order valence-electron chi connectivity index (χ0n) is 9.01. The fourth-order valence-corrected chi connectivity index (χ4v) is 3.02. The van der Waals surface area contributed by atoms with Crippen LogP contribution in [0.4, 0.5) is 5.69 Å². The molecule has 10 heteroatoms. The van der Waals surface area contributed by atoms with Gasteiger partial charge in [-0.2, -0.15) is 0 Å². The van der Waals surface area contributed by atoms with Crippen LogP contribution in [0, 0.1) is 0 Å². The molecule has 0 unspecified atom stereocenters. The van der Waals surface area contributed by atoms with Gasteiger partial charge in [-0.1, -0.05) is 34.8 Å². The molecule has 2 heterocycles. The molecule has 100 valence electrons. The van der Waals surface area contributed by atoms with Gasteiger partial charge >= 0.3 is 0 Å². The largest absolute Gasteiger partial charge is 0.274 e. The Morgan fingerprint density at radius 1 is 1.05 bits per heavy atom. The van der Waals surface area contributed by atoms with Crippen molar-refractivity contribution in [1.82, 2.24) is 15.0 Å². The van der Waals surface area contributed by atoms with Gasteiger partial charge in [-0.25, -0.2) is 23.4 Å². The van der Waals surface area contributed by atoms with E-state index in [-0.39, 0.29) is 26.0 Å². The summed E-state index contributed by atoms with van der Waals surface area (Å²) in [6.07, 6.45) is 2.38. The molecule has 0 atom stereocenters. The summed E-state index contributed by atoms with van der Waals surface area (Å²) in [5, 5.41) is -0.170. The van der Waals surface area contributed by atoms with Crippen molar-refractivity contribution in [2.75, 3.05) is 4.72 Å². The van der Waals surface area contributed by atoms with E-state index in [0.29, 0.717) is 0 Å². The summed E-state index contributed by atoms with van der Waals surface area (Å²) in [5.41, 5.74) is -0.0984. The minimum absolute atomic E-state index is 0.0457. The number of hydrogen-bond acceptors (Lipinski definition) is 5. The van der Waals surface area contributed by atoms with E-state index in [0.717, 1.165) is 6.33 Å². The van der Waals surface area contributed by atoms with Crippen LogP contribution in [0.5, 0.6) is 0 Å². The van der Waals surface area contributed by atoms with Gasteiger partial charge in [-0.3, -0.25) is 4.72 Å². The van der Waals surface area contributed by atoms with Crippen LogP contribution in [-0.2, 0) is 10.0 Å². The first-order valence-corrected chi connectivity index (χ1v) is 7.32. The number of nitrogens with one attached hydrogen (secondary N) is 1. The topological polar surface area (TPSA) is 84.8 Å². The van der Waals surface area contributed by atoms with E-state index in [1.807, 2.05) is 0 Å². The molecule has 2 rings (SSSR count). The molecule has 0 aromatic carbocycles. The lowest BCUT2D eigenvalue weighted by molar-refractivity contribution is 0.601. The van der Waals surface area contributed by atoms with Gasteiger partial charge in [0.15, 0.2) is 10.3 Å². The molecule has 0 amide bonds. The van der Waals surface area contributed by atoms with Crippen LogP contribution in [0.15, 0.2) is 29.6 Å². The maximum Gasteiger partial charge on any atom is 0.262 e. The summed E-state index contributed by atoms with van der Waals surface area (Å²) in [4.78, 5) is 10.9. The van der Waals surface area contributed by atoms with Crippen molar-refractivity contribution in [1.29, 1.82) is 0 Å². The van der Waals surface area contributed by atoms with Crippen molar-refractivity contribution in [3.05, 3.63) is 40.1 Å². The summed E-state index contributed by atoms with van der Waals surface area (Å²) >= 11 is 17.1. The normalized spacial score (nSPS) is 11.3. The molecule has 2 aromatic rings. The van der Waals surface area contributed by atoms with Crippen LogP contribution in [-0.4, -0.2) is 23.4 Å². The number of aromatic nitrogens is 3. The molecular weight excluding hydrogens is 335 g/mol. The quantitative estimate of drug-likeness (QED) is 0.686. The Hall–Kier alpha value is -1.15. The van der Waals surface area contributed by atoms with Crippen molar-refractivity contribution in [2.24, 2.45) is 0 Å². The number of rotatable bonds is 3. The fraction of sp³-hybridized carbons (Fsp3) is 0. The summed E-state index contributed by atoms with van der Waals surface area (Å²) in [6, 6.07) is 2.47. The third-order valence-electron chi connectivity index (χ3n) is 2.00. The zero-order valence-corrected chi connectivity index (χ0v) is 12.1. The highest BCUT2D eigenvalue weighted by molar-refractivity contribution is 7.92. The lowest BCUT2D eigenvalue weighted by Crippen LogP contribution is -2.14. The van der Waals surface area contributed by atoms with E-state index in [2.05, 4.69) is 19.7 Å². The molecule has 0 radical (unpaired) electrons. The Kier molecular flexibility index (Phi) is 4.10. The second-order valence-electron chi connectivity index (χ2n) is 3.25. The minimum Gasteiger partial charge on any atom is -0.274 e. The molecule has 6 nitrogen and oxygen atoms in total. The lowest BCUT2D eigenvalue weighted by atomic mass is 10.5. The number of sulfonamides is 1. The molecular formula is C9H5Cl3N4O2S. The predicted octanol–water partition coefficient (Wildman–Crippen LogP) is 2.63. The van der Waals surface area contributed by atoms with Gasteiger partial charge in [-0.15, -0.1) is 0 Å². The van der Waals surface area contributed by atoms with E-state index >= 15 is 0 Å². The van der Waals surface area contributed by atoms with Crippen molar-refractivity contribution in [3.63, 3.8) is 0 Å². The van der Waals surface area contributed by atoms with Crippen LogP contribution < -0.4 is 4.72 Å². The maximum atomic E-state index is 12.1. The molecule has 0 aliphatic heterocycles. The fourth-order valence-electron chi connectivity index (χ4n) is 1.17. The van der Waals surface area contributed by atoms with Gasteiger partial charge in [0.05, 0.1) is 4.90 Å². The first-order chi connectivity index (χ1) is 8.90. The number of halogens is 3. The zero-order chi connectivity index (χ0) is 14.0. The van der Waals surface area contributed by atoms with Crippen LogP contribution in [0.1, 0.15) is 0 Å². The van der Waals surface area contributed by atoms with Crippen molar-refractivity contribution < 1.29 is 8.42 Å². The molecule has 19 heavy (non-hydrogen) atoms. The van der Waals surface area contributed by atoms with Gasteiger partial charge in [0.1, 0.15) is 17.2 Å². The average molecular weight is 340 g/mol. The summed E-state index contributed by atoms with van der Waals surface area (Å²) in [7, 11) is -3.90. The van der Waals surface area contributed by atoms with Crippen molar-refractivity contribution >= 4 is 50.5 Å². The van der Waals surface area contributed by atoms with E-state index in [1.54, 1.807) is 0 Å². The van der Waals surface area contributed by atoms with Crippen LogP contribution >= 0.6 is 34.8 Å².